The average molecular weight is 718 g/mol. The Balaban J connectivity index is 1.79. The summed E-state index contributed by atoms with van der Waals surface area (Å²) < 4.78 is 43.7. The van der Waals surface area contributed by atoms with E-state index in [1.165, 1.54) is 25.3 Å². The molecule has 2 amide bonds. The van der Waals surface area contributed by atoms with Crippen LogP contribution in [0.1, 0.15) is 76.7 Å². The first-order valence-corrected chi connectivity index (χ1v) is 18.1. The number of allylic oxidation sites excluding steroid dienone is 1. The van der Waals surface area contributed by atoms with Crippen molar-refractivity contribution >= 4 is 57.4 Å². The number of benzene rings is 2. The molecular weight excluding hydrogens is 670 g/mol. The van der Waals surface area contributed by atoms with Gasteiger partial charge in [-0.3, -0.25) is 14.5 Å². The van der Waals surface area contributed by atoms with E-state index in [1.807, 2.05) is 41.5 Å². The van der Waals surface area contributed by atoms with Crippen molar-refractivity contribution in [2.45, 2.75) is 71.8 Å². The van der Waals surface area contributed by atoms with Crippen LogP contribution in [-0.4, -0.2) is 76.9 Å². The minimum absolute atomic E-state index is 0.141. The summed E-state index contributed by atoms with van der Waals surface area (Å²) in [5.74, 6) is 0.241. The molecule has 49 heavy (non-hydrogen) atoms. The summed E-state index contributed by atoms with van der Waals surface area (Å²) in [5, 5.41) is 3.08. The molecule has 0 spiro atoms. The summed E-state index contributed by atoms with van der Waals surface area (Å²) in [5.41, 5.74) is 1.26. The zero-order valence-electron chi connectivity index (χ0n) is 29.8. The fourth-order valence-corrected chi connectivity index (χ4v) is 5.79. The Hall–Kier alpha value is -4.10. The topological polar surface area (TPSA) is 148 Å². The third-order valence-electron chi connectivity index (χ3n) is 7.61. The largest absolute Gasteiger partial charge is 0.492 e. The van der Waals surface area contributed by atoms with E-state index in [0.717, 1.165) is 30.4 Å². The van der Waals surface area contributed by atoms with Gasteiger partial charge in [0.05, 0.1) is 29.8 Å². The molecule has 1 saturated heterocycles. The van der Waals surface area contributed by atoms with Crippen molar-refractivity contribution in [3.63, 3.8) is 0 Å². The zero-order chi connectivity index (χ0) is 36.7. The minimum Gasteiger partial charge on any atom is -0.492 e. The molecule has 0 saturated carbocycles. The Kier molecular flexibility index (Phi) is 12.9. The number of piperidine rings is 1. The third-order valence-corrected chi connectivity index (χ3v) is 8.51. The molecule has 2 N–H and O–H groups in total. The number of rotatable bonds is 11. The lowest BCUT2D eigenvalue weighted by Gasteiger charge is -2.33. The summed E-state index contributed by atoms with van der Waals surface area (Å²) in [4.78, 5) is 36.1. The molecule has 0 unspecified atom stereocenters. The number of aliphatic imine (C=N–C) groups is 2. The number of hydrogen-bond acceptors (Lipinski definition) is 9. The quantitative estimate of drug-likeness (QED) is 0.183. The molecular formula is C35H48ClN5O7S. The number of sulfonamides is 1. The van der Waals surface area contributed by atoms with E-state index in [1.54, 1.807) is 30.2 Å². The van der Waals surface area contributed by atoms with E-state index in [4.69, 9.17) is 25.8 Å². The van der Waals surface area contributed by atoms with Crippen molar-refractivity contribution in [1.29, 1.82) is 0 Å². The Morgan fingerprint density at radius 1 is 1.08 bits per heavy atom. The second kappa shape index (κ2) is 16.1. The molecule has 2 aromatic carbocycles. The molecule has 1 aliphatic heterocycles. The maximum absolute atomic E-state index is 13.5. The van der Waals surface area contributed by atoms with Gasteiger partial charge in [-0.2, -0.15) is 0 Å². The van der Waals surface area contributed by atoms with Gasteiger partial charge in [-0.25, -0.2) is 18.2 Å². The fraction of sp³-hybridized carbons (Fsp3) is 0.486. The predicted molar refractivity (Wildman–Crippen MR) is 196 cm³/mol. The predicted octanol–water partition coefficient (Wildman–Crippen LogP) is 7.30. The van der Waals surface area contributed by atoms with Crippen molar-refractivity contribution in [3.8, 4) is 11.5 Å². The van der Waals surface area contributed by atoms with Gasteiger partial charge >= 0.3 is 6.09 Å². The Morgan fingerprint density at radius 2 is 1.71 bits per heavy atom. The van der Waals surface area contributed by atoms with E-state index in [9.17, 15) is 18.0 Å². The van der Waals surface area contributed by atoms with E-state index >= 15 is 0 Å². The Morgan fingerprint density at radius 3 is 2.24 bits per heavy atom. The van der Waals surface area contributed by atoms with Gasteiger partial charge in [0.1, 0.15) is 11.4 Å². The lowest BCUT2D eigenvalue weighted by Crippen LogP contribution is -2.42. The standard InChI is InChI=1S/C35H48ClN5O7S/c1-34(2,3)24-19-27(31(46-9)28(20-24)40-49(10,44)45)39-32(42)23-11-12-26(36)29(18-23)47-30(38-8)21-25(37-7)17-22-13-15-41(16-14-22)33(43)48-35(4,5)6/h11-12,18-22,40H,8,13-17H2,1-7,9-10H3,(H,39,42). The van der Waals surface area contributed by atoms with Crippen molar-refractivity contribution in [1.82, 2.24) is 4.90 Å². The Bertz CT molecular complexity index is 1720. The average Bonchev–Trinajstić information content (AvgIpc) is 2.99. The molecule has 12 nitrogen and oxygen atoms in total. The number of methoxy groups -OCH3 is 1. The van der Waals surface area contributed by atoms with Crippen LogP contribution in [0.25, 0.3) is 0 Å². The van der Waals surface area contributed by atoms with Crippen LogP contribution in [-0.2, 0) is 20.2 Å². The van der Waals surface area contributed by atoms with Crippen LogP contribution >= 0.6 is 11.6 Å². The molecule has 0 atom stereocenters. The highest BCUT2D eigenvalue weighted by Gasteiger charge is 2.28. The summed E-state index contributed by atoms with van der Waals surface area (Å²) in [7, 11) is -0.575. The number of nitrogens with one attached hydrogen (secondary N) is 2. The molecule has 14 heteroatoms. The van der Waals surface area contributed by atoms with Crippen LogP contribution in [0.3, 0.4) is 0 Å². The van der Waals surface area contributed by atoms with Gasteiger partial charge in [-0.05, 0) is 94.0 Å². The van der Waals surface area contributed by atoms with Gasteiger partial charge in [0.15, 0.2) is 5.75 Å². The minimum atomic E-state index is -3.64. The number of anilines is 2. The first kappa shape index (κ1) is 39.3. The van der Waals surface area contributed by atoms with Crippen LogP contribution < -0.4 is 19.5 Å². The normalized spacial score (nSPS) is 15.0. The Labute approximate surface area is 295 Å². The second-order valence-electron chi connectivity index (χ2n) is 13.9. The van der Waals surface area contributed by atoms with Gasteiger partial charge in [0.25, 0.3) is 5.91 Å². The van der Waals surface area contributed by atoms with Crippen molar-refractivity contribution in [3.05, 3.63) is 58.4 Å². The summed E-state index contributed by atoms with van der Waals surface area (Å²) >= 11 is 6.46. The van der Waals surface area contributed by atoms with Crippen LogP contribution in [0, 0.1) is 5.92 Å². The molecule has 1 aliphatic rings. The van der Waals surface area contributed by atoms with Gasteiger partial charge in [-0.15, -0.1) is 0 Å². The van der Waals surface area contributed by atoms with Gasteiger partial charge in [-0.1, -0.05) is 32.4 Å². The lowest BCUT2D eigenvalue weighted by atomic mass is 9.86. The number of amides is 2. The van der Waals surface area contributed by atoms with Crippen LogP contribution in [0.4, 0.5) is 16.2 Å². The summed E-state index contributed by atoms with van der Waals surface area (Å²) in [6.07, 6.45) is 4.64. The first-order chi connectivity index (χ1) is 22.7. The van der Waals surface area contributed by atoms with Crippen molar-refractivity contribution < 1.29 is 32.2 Å². The molecule has 2 aromatic rings. The SMILES string of the molecule is C=NC(=CC(CC1CCN(C(=O)OC(C)(C)C)CC1)=NC)Oc1cc(C(=O)Nc2cc(C(C)(C)C)cc(NS(C)(=O)=O)c2OC)ccc1Cl. The molecule has 0 radical (unpaired) electrons. The van der Waals surface area contributed by atoms with Crippen LogP contribution in [0.15, 0.2) is 52.3 Å². The molecule has 0 aliphatic carbocycles. The van der Waals surface area contributed by atoms with E-state index in [-0.39, 0.29) is 56.8 Å². The molecule has 1 heterocycles. The van der Waals surface area contributed by atoms with Crippen LogP contribution in [0.5, 0.6) is 11.5 Å². The molecule has 268 valence electrons. The van der Waals surface area contributed by atoms with Gasteiger partial charge in [0.2, 0.25) is 15.9 Å². The van der Waals surface area contributed by atoms with Crippen LogP contribution in [0.2, 0.25) is 5.02 Å². The number of carbonyl (C=O) groups excluding carboxylic acids is 2. The second-order valence-corrected chi connectivity index (χ2v) is 16.1. The molecule has 1 fully saturated rings. The zero-order valence-corrected chi connectivity index (χ0v) is 31.3. The number of nitrogens with zero attached hydrogens (tertiary/aromatic N) is 3. The van der Waals surface area contributed by atoms with E-state index < -0.39 is 21.5 Å². The maximum Gasteiger partial charge on any atom is 0.410 e. The van der Waals surface area contributed by atoms with E-state index in [0.29, 0.717) is 19.5 Å². The summed E-state index contributed by atoms with van der Waals surface area (Å²) in [6, 6.07) is 7.96. The van der Waals surface area contributed by atoms with E-state index in [2.05, 4.69) is 26.7 Å². The maximum atomic E-state index is 13.5. The molecule has 3 rings (SSSR count). The number of hydrogen-bond donors (Lipinski definition) is 2. The highest BCUT2D eigenvalue weighted by molar-refractivity contribution is 7.92. The molecule has 0 bridgehead atoms. The summed E-state index contributed by atoms with van der Waals surface area (Å²) in [6.45, 7) is 16.3. The molecule has 0 aromatic heterocycles. The lowest BCUT2D eigenvalue weighted by molar-refractivity contribution is 0.0186. The highest BCUT2D eigenvalue weighted by Crippen LogP contribution is 2.39. The highest BCUT2D eigenvalue weighted by atomic mass is 35.5. The smallest absolute Gasteiger partial charge is 0.410 e. The van der Waals surface area contributed by atoms with Gasteiger partial charge in [0, 0.05) is 37.5 Å². The van der Waals surface area contributed by atoms with Gasteiger partial charge < -0.3 is 24.4 Å². The number of ether oxygens (including phenoxy) is 3. The number of carbonyl (C=O) groups is 2. The number of likely N-dealkylation sites (tertiary alicyclic amines) is 1. The monoisotopic (exact) mass is 717 g/mol. The van der Waals surface area contributed by atoms with Crippen molar-refractivity contribution in [2.24, 2.45) is 15.9 Å². The first-order valence-electron chi connectivity index (χ1n) is 15.8. The fourth-order valence-electron chi connectivity index (χ4n) is 5.09. The van der Waals surface area contributed by atoms with Crippen molar-refractivity contribution in [2.75, 3.05) is 43.5 Å². The third kappa shape index (κ3) is 11.8. The number of halogens is 1.